The zero-order valence-corrected chi connectivity index (χ0v) is 17.6. The summed E-state index contributed by atoms with van der Waals surface area (Å²) in [6.45, 7) is 5.92. The monoisotopic (exact) mass is 407 g/mol. The smallest absolute Gasteiger partial charge is 0.233 e. The van der Waals surface area contributed by atoms with E-state index in [-0.39, 0.29) is 11.8 Å². The number of fused-ring (bicyclic) bond motifs is 1. The van der Waals surface area contributed by atoms with Gasteiger partial charge in [0, 0.05) is 39.5 Å². The molecule has 0 N–H and O–H groups in total. The largest absolute Gasteiger partial charge is 0.339 e. The van der Waals surface area contributed by atoms with Gasteiger partial charge in [0.15, 0.2) is 0 Å². The van der Waals surface area contributed by atoms with E-state index in [1.54, 1.807) is 23.2 Å². The lowest BCUT2D eigenvalue weighted by Gasteiger charge is -2.39. The van der Waals surface area contributed by atoms with Gasteiger partial charge in [0.2, 0.25) is 11.8 Å². The van der Waals surface area contributed by atoms with Gasteiger partial charge in [-0.3, -0.25) is 9.59 Å². The van der Waals surface area contributed by atoms with E-state index in [4.69, 9.17) is 4.98 Å². The maximum absolute atomic E-state index is 13.7. The quantitative estimate of drug-likeness (QED) is 0.665. The summed E-state index contributed by atoms with van der Waals surface area (Å²) >= 11 is 1.65. The van der Waals surface area contributed by atoms with Crippen LogP contribution in [0.15, 0.2) is 54.6 Å². The lowest BCUT2D eigenvalue weighted by atomic mass is 9.78. The van der Waals surface area contributed by atoms with Crippen LogP contribution in [0.5, 0.6) is 0 Å². The molecular formula is C23H25N3O2S. The van der Waals surface area contributed by atoms with Crippen molar-refractivity contribution in [1.29, 1.82) is 0 Å². The minimum atomic E-state index is -0.701. The number of hydrogen-bond donors (Lipinski definition) is 0. The summed E-state index contributed by atoms with van der Waals surface area (Å²) < 4.78 is 1.14. The molecule has 1 aromatic heterocycles. The Morgan fingerprint density at radius 3 is 2.24 bits per heavy atom. The molecule has 6 heteroatoms. The first-order valence-electron chi connectivity index (χ1n) is 9.92. The topological polar surface area (TPSA) is 53.5 Å². The standard InChI is InChI=1S/C23H25N3O2S/c1-17(27)25-12-14-26(15-13-25)22(28)23(2,18-8-4-3-5-9-18)16-21-24-19-10-6-7-11-20(19)29-21/h3-11H,12-16H2,1-2H3/t23-/m1/s1. The third-order valence-electron chi connectivity index (χ3n) is 5.74. The molecule has 0 saturated carbocycles. The third-order valence-corrected chi connectivity index (χ3v) is 6.77. The molecule has 2 heterocycles. The van der Waals surface area contributed by atoms with Gasteiger partial charge in [0.25, 0.3) is 0 Å². The van der Waals surface area contributed by atoms with Crippen molar-refractivity contribution < 1.29 is 9.59 Å². The van der Waals surface area contributed by atoms with E-state index in [0.29, 0.717) is 32.6 Å². The lowest BCUT2D eigenvalue weighted by Crippen LogP contribution is -2.55. The number of para-hydroxylation sites is 1. The number of rotatable bonds is 4. The van der Waals surface area contributed by atoms with Gasteiger partial charge in [-0.25, -0.2) is 4.98 Å². The summed E-state index contributed by atoms with van der Waals surface area (Å²) in [7, 11) is 0. The number of piperazine rings is 1. The Morgan fingerprint density at radius 1 is 0.966 bits per heavy atom. The van der Waals surface area contributed by atoms with Crippen LogP contribution in [0.2, 0.25) is 0 Å². The molecule has 3 aromatic rings. The number of nitrogens with zero attached hydrogens (tertiary/aromatic N) is 3. The van der Waals surface area contributed by atoms with Crippen LogP contribution in [0, 0.1) is 0 Å². The van der Waals surface area contributed by atoms with Crippen LogP contribution in [0.1, 0.15) is 24.4 Å². The summed E-state index contributed by atoms with van der Waals surface area (Å²) in [4.78, 5) is 33.8. The Hall–Kier alpha value is -2.73. The number of hydrogen-bond acceptors (Lipinski definition) is 4. The van der Waals surface area contributed by atoms with Crippen LogP contribution in [-0.2, 0) is 21.4 Å². The van der Waals surface area contributed by atoms with Gasteiger partial charge in [-0.15, -0.1) is 11.3 Å². The lowest BCUT2D eigenvalue weighted by molar-refractivity contribution is -0.142. The molecule has 5 nitrogen and oxygen atoms in total. The summed E-state index contributed by atoms with van der Waals surface area (Å²) in [5.41, 5.74) is 1.27. The highest BCUT2D eigenvalue weighted by atomic mass is 32.1. The van der Waals surface area contributed by atoms with Gasteiger partial charge in [-0.1, -0.05) is 42.5 Å². The zero-order valence-electron chi connectivity index (χ0n) is 16.8. The minimum Gasteiger partial charge on any atom is -0.339 e. The van der Waals surface area contributed by atoms with Crippen molar-refractivity contribution in [2.75, 3.05) is 26.2 Å². The van der Waals surface area contributed by atoms with Crippen molar-refractivity contribution in [3.05, 3.63) is 65.2 Å². The third kappa shape index (κ3) is 3.90. The molecule has 1 aliphatic heterocycles. The molecule has 0 aliphatic carbocycles. The predicted octanol–water partition coefficient (Wildman–Crippen LogP) is 3.49. The Labute approximate surface area is 175 Å². The maximum atomic E-state index is 13.7. The molecular weight excluding hydrogens is 382 g/mol. The molecule has 1 saturated heterocycles. The second kappa shape index (κ2) is 7.95. The van der Waals surface area contributed by atoms with E-state index in [9.17, 15) is 9.59 Å². The Bertz CT molecular complexity index is 992. The Balaban J connectivity index is 1.64. The average Bonchev–Trinajstić information content (AvgIpc) is 3.16. The first-order valence-corrected chi connectivity index (χ1v) is 10.7. The molecule has 29 heavy (non-hydrogen) atoms. The molecule has 0 radical (unpaired) electrons. The number of aromatic nitrogens is 1. The molecule has 2 amide bonds. The van der Waals surface area contributed by atoms with Gasteiger partial charge < -0.3 is 9.80 Å². The van der Waals surface area contributed by atoms with Crippen molar-refractivity contribution >= 4 is 33.4 Å². The molecule has 1 atom stereocenters. The summed E-state index contributed by atoms with van der Waals surface area (Å²) in [6.07, 6.45) is 0.558. The second-order valence-electron chi connectivity index (χ2n) is 7.75. The number of carbonyl (C=O) groups is 2. The van der Waals surface area contributed by atoms with Gasteiger partial charge in [-0.05, 0) is 24.6 Å². The van der Waals surface area contributed by atoms with E-state index in [1.807, 2.05) is 60.4 Å². The Kier molecular flexibility index (Phi) is 5.37. The van der Waals surface area contributed by atoms with Crippen molar-refractivity contribution in [2.45, 2.75) is 25.7 Å². The number of benzene rings is 2. The van der Waals surface area contributed by atoms with Gasteiger partial charge in [0.1, 0.15) is 0 Å². The molecule has 0 bridgehead atoms. The van der Waals surface area contributed by atoms with Crippen molar-refractivity contribution in [3.8, 4) is 0 Å². The first kappa shape index (κ1) is 19.6. The normalized spacial score (nSPS) is 16.6. The fourth-order valence-corrected chi connectivity index (χ4v) is 5.10. The molecule has 150 valence electrons. The fourth-order valence-electron chi connectivity index (χ4n) is 3.98. The molecule has 1 aliphatic rings. The van der Waals surface area contributed by atoms with Gasteiger partial charge in [0.05, 0.1) is 20.6 Å². The van der Waals surface area contributed by atoms with Crippen LogP contribution in [0.25, 0.3) is 10.2 Å². The predicted molar refractivity (Wildman–Crippen MR) is 116 cm³/mol. The number of thiazole rings is 1. The molecule has 0 unspecified atom stereocenters. The van der Waals surface area contributed by atoms with Crippen molar-refractivity contribution in [2.24, 2.45) is 0 Å². The number of carbonyl (C=O) groups excluding carboxylic acids is 2. The summed E-state index contributed by atoms with van der Waals surface area (Å²) in [5, 5.41) is 0.966. The van der Waals surface area contributed by atoms with Crippen LogP contribution in [-0.4, -0.2) is 52.8 Å². The van der Waals surface area contributed by atoms with Crippen LogP contribution >= 0.6 is 11.3 Å². The van der Waals surface area contributed by atoms with Gasteiger partial charge >= 0.3 is 0 Å². The Morgan fingerprint density at radius 2 is 1.59 bits per heavy atom. The maximum Gasteiger partial charge on any atom is 0.233 e. The van der Waals surface area contributed by atoms with E-state index in [1.165, 1.54) is 0 Å². The van der Waals surface area contributed by atoms with E-state index >= 15 is 0 Å². The highest BCUT2D eigenvalue weighted by molar-refractivity contribution is 7.18. The molecule has 1 fully saturated rings. The highest BCUT2D eigenvalue weighted by Gasteiger charge is 2.40. The van der Waals surface area contributed by atoms with Crippen LogP contribution < -0.4 is 0 Å². The van der Waals surface area contributed by atoms with Crippen LogP contribution in [0.4, 0.5) is 0 Å². The van der Waals surface area contributed by atoms with E-state index in [2.05, 4.69) is 6.07 Å². The fraction of sp³-hybridized carbons (Fsp3) is 0.348. The summed E-state index contributed by atoms with van der Waals surface area (Å²) in [6, 6.07) is 18.1. The second-order valence-corrected chi connectivity index (χ2v) is 8.86. The SMILES string of the molecule is CC(=O)N1CCN(C(=O)[C@](C)(Cc2nc3ccccc3s2)c2ccccc2)CC1. The first-order chi connectivity index (χ1) is 14.0. The zero-order chi connectivity index (χ0) is 20.4. The molecule has 2 aromatic carbocycles. The van der Waals surface area contributed by atoms with Gasteiger partial charge in [-0.2, -0.15) is 0 Å². The van der Waals surface area contributed by atoms with Crippen molar-refractivity contribution in [3.63, 3.8) is 0 Å². The van der Waals surface area contributed by atoms with Crippen molar-refractivity contribution in [1.82, 2.24) is 14.8 Å². The molecule has 4 rings (SSSR count). The van der Waals surface area contributed by atoms with Crippen LogP contribution in [0.3, 0.4) is 0 Å². The molecule has 0 spiro atoms. The summed E-state index contributed by atoms with van der Waals surface area (Å²) in [5.74, 6) is 0.170. The average molecular weight is 408 g/mol. The number of amides is 2. The van der Waals surface area contributed by atoms with E-state index < -0.39 is 5.41 Å². The highest BCUT2D eigenvalue weighted by Crippen LogP contribution is 2.34. The minimum absolute atomic E-state index is 0.0670. The van der Waals surface area contributed by atoms with E-state index in [0.717, 1.165) is 20.8 Å².